The van der Waals surface area contributed by atoms with Gasteiger partial charge in [0, 0.05) is 20.0 Å². The van der Waals surface area contributed by atoms with Gasteiger partial charge < -0.3 is 15.0 Å². The van der Waals surface area contributed by atoms with Crippen LogP contribution in [0.4, 0.5) is 5.69 Å². The molecule has 0 radical (unpaired) electrons. The Balaban J connectivity index is 2.03. The zero-order valence-electron chi connectivity index (χ0n) is 21.8. The Morgan fingerprint density at radius 3 is 2.21 bits per heavy atom. The lowest BCUT2D eigenvalue weighted by Crippen LogP contribution is -2.52. The first-order chi connectivity index (χ1) is 18.0. The number of hydrogen-bond acceptors (Lipinski definition) is 5. The van der Waals surface area contributed by atoms with Crippen molar-refractivity contribution in [3.63, 3.8) is 0 Å². The number of carbonyl (C=O) groups is 2. The Bertz CT molecular complexity index is 1360. The molecule has 0 aliphatic carbocycles. The van der Waals surface area contributed by atoms with Crippen LogP contribution in [0.3, 0.4) is 0 Å². The fraction of sp³-hybridized carbons (Fsp3) is 0.286. The summed E-state index contributed by atoms with van der Waals surface area (Å²) in [5.74, 6) is -0.515. The van der Waals surface area contributed by atoms with Crippen LogP contribution < -0.4 is 14.4 Å². The second-order valence-electron chi connectivity index (χ2n) is 8.92. The van der Waals surface area contributed by atoms with Crippen LogP contribution >= 0.6 is 11.6 Å². The Labute approximate surface area is 229 Å². The van der Waals surface area contributed by atoms with Gasteiger partial charge in [-0.3, -0.25) is 13.9 Å². The Kier molecular flexibility index (Phi) is 9.77. The minimum Gasteiger partial charge on any atom is -0.495 e. The number of halogens is 1. The molecule has 0 aromatic heterocycles. The average Bonchev–Trinajstić information content (AvgIpc) is 2.89. The van der Waals surface area contributed by atoms with E-state index in [-0.39, 0.29) is 29.6 Å². The van der Waals surface area contributed by atoms with Gasteiger partial charge in [0.05, 0.1) is 24.1 Å². The molecule has 3 rings (SSSR count). The predicted octanol–water partition coefficient (Wildman–Crippen LogP) is 3.81. The van der Waals surface area contributed by atoms with E-state index in [0.29, 0.717) is 5.75 Å². The number of ether oxygens (including phenoxy) is 1. The number of sulfonamides is 1. The molecule has 3 aromatic carbocycles. The number of aryl methyl sites for hydroxylation is 1. The molecule has 3 aromatic rings. The fourth-order valence-electron chi connectivity index (χ4n) is 4.03. The first kappa shape index (κ1) is 29.0. The second kappa shape index (κ2) is 12.8. The lowest BCUT2D eigenvalue weighted by Gasteiger charge is -2.33. The van der Waals surface area contributed by atoms with Crippen LogP contribution in [0.15, 0.2) is 72.8 Å². The molecule has 38 heavy (non-hydrogen) atoms. The Morgan fingerprint density at radius 2 is 1.66 bits per heavy atom. The number of nitrogens with one attached hydrogen (secondary N) is 1. The van der Waals surface area contributed by atoms with E-state index in [1.54, 1.807) is 0 Å². The zero-order valence-corrected chi connectivity index (χ0v) is 23.4. The molecule has 2 amide bonds. The summed E-state index contributed by atoms with van der Waals surface area (Å²) < 4.78 is 31.8. The molecule has 0 fully saturated rings. The SMILES string of the molecule is CNC(=O)C(Cc1ccccc1)N(Cc1ccc(C)cc1)C(=O)CN(c1ccc(OC)c(Cl)c1)S(C)(=O)=O. The Morgan fingerprint density at radius 1 is 1.00 bits per heavy atom. The number of amides is 2. The van der Waals surface area contributed by atoms with Gasteiger partial charge in [-0.05, 0) is 36.2 Å². The van der Waals surface area contributed by atoms with Crippen LogP contribution in [0.2, 0.25) is 5.02 Å². The summed E-state index contributed by atoms with van der Waals surface area (Å²) in [5.41, 5.74) is 2.94. The number of rotatable bonds is 11. The summed E-state index contributed by atoms with van der Waals surface area (Å²) >= 11 is 6.25. The van der Waals surface area contributed by atoms with E-state index in [1.807, 2.05) is 61.5 Å². The number of benzene rings is 3. The summed E-state index contributed by atoms with van der Waals surface area (Å²) in [5, 5.41) is 2.86. The van der Waals surface area contributed by atoms with Crippen LogP contribution in [0, 0.1) is 6.92 Å². The maximum Gasteiger partial charge on any atom is 0.244 e. The van der Waals surface area contributed by atoms with Crippen LogP contribution in [-0.2, 0) is 32.6 Å². The Hall–Kier alpha value is -3.56. The van der Waals surface area contributed by atoms with E-state index in [9.17, 15) is 18.0 Å². The molecular formula is C28H32ClN3O5S. The van der Waals surface area contributed by atoms with Gasteiger partial charge in [0.25, 0.3) is 0 Å². The van der Waals surface area contributed by atoms with E-state index in [4.69, 9.17) is 16.3 Å². The molecule has 10 heteroatoms. The average molecular weight is 558 g/mol. The molecule has 0 bridgehead atoms. The highest BCUT2D eigenvalue weighted by Gasteiger charge is 2.32. The second-order valence-corrected chi connectivity index (χ2v) is 11.2. The van der Waals surface area contributed by atoms with Gasteiger partial charge in [-0.1, -0.05) is 71.8 Å². The van der Waals surface area contributed by atoms with Gasteiger partial charge in [0.1, 0.15) is 18.3 Å². The molecule has 0 spiro atoms. The van der Waals surface area contributed by atoms with Crippen molar-refractivity contribution < 1.29 is 22.7 Å². The van der Waals surface area contributed by atoms with E-state index in [1.165, 1.54) is 37.3 Å². The molecule has 0 aliphatic heterocycles. The zero-order chi connectivity index (χ0) is 27.9. The van der Waals surface area contributed by atoms with Gasteiger partial charge >= 0.3 is 0 Å². The molecular weight excluding hydrogens is 526 g/mol. The first-order valence-electron chi connectivity index (χ1n) is 11.9. The van der Waals surface area contributed by atoms with Crippen LogP contribution in [-0.4, -0.2) is 58.1 Å². The van der Waals surface area contributed by atoms with Crippen molar-refractivity contribution in [2.75, 3.05) is 31.3 Å². The standard InChI is InChI=1S/C28H32ClN3O5S/c1-20-10-12-22(13-11-20)18-31(25(28(34)30-2)16-21-8-6-5-7-9-21)27(33)19-32(38(4,35)36)23-14-15-26(37-3)24(29)17-23/h5-15,17,25H,16,18-19H2,1-4H3,(H,30,34). The summed E-state index contributed by atoms with van der Waals surface area (Å²) in [6, 6.07) is 20.6. The van der Waals surface area contributed by atoms with Crippen molar-refractivity contribution in [3.05, 3.63) is 94.5 Å². The van der Waals surface area contributed by atoms with Crippen LogP contribution in [0.5, 0.6) is 5.75 Å². The summed E-state index contributed by atoms with van der Waals surface area (Å²) in [6.45, 7) is 1.56. The molecule has 1 N–H and O–H groups in total. The van der Waals surface area contributed by atoms with Crippen molar-refractivity contribution in [2.24, 2.45) is 0 Å². The number of carbonyl (C=O) groups excluding carboxylic acids is 2. The molecule has 8 nitrogen and oxygen atoms in total. The predicted molar refractivity (Wildman–Crippen MR) is 150 cm³/mol. The summed E-state index contributed by atoms with van der Waals surface area (Å²) in [4.78, 5) is 28.4. The lowest BCUT2D eigenvalue weighted by atomic mass is 10.0. The third-order valence-corrected chi connectivity index (χ3v) is 7.53. The van der Waals surface area contributed by atoms with E-state index >= 15 is 0 Å². The van der Waals surface area contributed by atoms with Crippen molar-refractivity contribution in [2.45, 2.75) is 25.9 Å². The van der Waals surface area contributed by atoms with Crippen molar-refractivity contribution in [1.29, 1.82) is 0 Å². The molecule has 0 heterocycles. The maximum atomic E-state index is 13.9. The topological polar surface area (TPSA) is 96.0 Å². The number of likely N-dealkylation sites (N-methyl/N-ethyl adjacent to an activating group) is 1. The quantitative estimate of drug-likeness (QED) is 0.387. The smallest absolute Gasteiger partial charge is 0.244 e. The molecule has 0 aliphatic rings. The van der Waals surface area contributed by atoms with E-state index in [0.717, 1.165) is 27.3 Å². The lowest BCUT2D eigenvalue weighted by molar-refractivity contribution is -0.139. The van der Waals surface area contributed by atoms with Crippen LogP contribution in [0.1, 0.15) is 16.7 Å². The summed E-state index contributed by atoms with van der Waals surface area (Å²) in [7, 11) is -0.923. The molecule has 0 saturated carbocycles. The van der Waals surface area contributed by atoms with E-state index < -0.39 is 28.5 Å². The third kappa shape index (κ3) is 7.49. The highest BCUT2D eigenvalue weighted by atomic mass is 35.5. The van der Waals surface area contributed by atoms with Crippen molar-refractivity contribution in [1.82, 2.24) is 10.2 Å². The third-order valence-electron chi connectivity index (χ3n) is 6.09. The highest BCUT2D eigenvalue weighted by Crippen LogP contribution is 2.30. The van der Waals surface area contributed by atoms with E-state index in [2.05, 4.69) is 5.32 Å². The molecule has 1 unspecified atom stereocenters. The molecule has 1 atom stereocenters. The van der Waals surface area contributed by atoms with Gasteiger partial charge in [-0.25, -0.2) is 8.42 Å². The van der Waals surface area contributed by atoms with Gasteiger partial charge in [-0.2, -0.15) is 0 Å². The number of anilines is 1. The number of nitrogens with zero attached hydrogens (tertiary/aromatic N) is 2. The molecule has 0 saturated heterocycles. The van der Waals surface area contributed by atoms with Crippen molar-refractivity contribution in [3.8, 4) is 5.75 Å². The van der Waals surface area contributed by atoms with Gasteiger partial charge in [-0.15, -0.1) is 0 Å². The summed E-state index contributed by atoms with van der Waals surface area (Å²) in [6.07, 6.45) is 1.27. The fourth-order valence-corrected chi connectivity index (χ4v) is 5.13. The monoisotopic (exact) mass is 557 g/mol. The minimum atomic E-state index is -3.89. The maximum absolute atomic E-state index is 13.9. The number of hydrogen-bond donors (Lipinski definition) is 1. The van der Waals surface area contributed by atoms with Gasteiger partial charge in [0.15, 0.2) is 0 Å². The van der Waals surface area contributed by atoms with Crippen LogP contribution in [0.25, 0.3) is 0 Å². The number of methoxy groups -OCH3 is 1. The highest BCUT2D eigenvalue weighted by molar-refractivity contribution is 7.92. The molecule has 202 valence electrons. The normalized spacial score (nSPS) is 11.9. The largest absolute Gasteiger partial charge is 0.495 e. The van der Waals surface area contributed by atoms with Gasteiger partial charge in [0.2, 0.25) is 21.8 Å². The van der Waals surface area contributed by atoms with Crippen molar-refractivity contribution >= 4 is 39.1 Å². The first-order valence-corrected chi connectivity index (χ1v) is 14.2. The minimum absolute atomic E-state index is 0.116.